The van der Waals surface area contributed by atoms with Crippen LogP contribution in [0.1, 0.15) is 53.9 Å². The van der Waals surface area contributed by atoms with Crippen LogP contribution in [-0.2, 0) is 4.74 Å². The second-order valence-corrected chi connectivity index (χ2v) is 6.43. The molecule has 8 heteroatoms. The van der Waals surface area contributed by atoms with E-state index in [1.165, 1.54) is 12.4 Å². The number of carbonyl (C=O) groups excluding carboxylic acids is 1. The summed E-state index contributed by atoms with van der Waals surface area (Å²) in [5.74, 6) is 1.19. The maximum Gasteiger partial charge on any atom is 0.255 e. The van der Waals surface area contributed by atoms with Crippen molar-refractivity contribution < 1.29 is 14.1 Å². The number of carbonyl (C=O) groups is 1. The lowest BCUT2D eigenvalue weighted by atomic mass is 9.88. The van der Waals surface area contributed by atoms with E-state index in [-0.39, 0.29) is 17.6 Å². The minimum atomic E-state index is -0.180. The quantitative estimate of drug-likeness (QED) is 0.827. The summed E-state index contributed by atoms with van der Waals surface area (Å²) < 4.78 is 11.5. The fraction of sp³-hybridized carbons (Fsp3) is 0.562. The van der Waals surface area contributed by atoms with E-state index in [2.05, 4.69) is 20.3 Å². The lowest BCUT2D eigenvalue weighted by molar-refractivity contribution is -0.0820. The van der Waals surface area contributed by atoms with Gasteiger partial charge in [-0.3, -0.25) is 4.79 Å². The van der Waals surface area contributed by atoms with Crippen molar-refractivity contribution in [3.8, 4) is 0 Å². The normalized spacial score (nSPS) is 22.9. The average molecular weight is 329 g/mol. The highest BCUT2D eigenvalue weighted by molar-refractivity contribution is 5.93. The van der Waals surface area contributed by atoms with Crippen molar-refractivity contribution in [2.45, 2.75) is 44.3 Å². The minimum absolute atomic E-state index is 0.00169. The Bertz CT molecular complexity index is 724. The van der Waals surface area contributed by atoms with Crippen molar-refractivity contribution in [2.24, 2.45) is 0 Å². The molecular weight excluding hydrogens is 310 g/mol. The SMILES string of the molecule is Cc1noc([C@H]2CCC3(CCN(C(=O)c4ccnnc4)CC3)O2)n1. The number of rotatable bonds is 2. The molecule has 0 saturated carbocycles. The molecule has 0 unspecified atom stereocenters. The first-order chi connectivity index (χ1) is 11.7. The highest BCUT2D eigenvalue weighted by Gasteiger charge is 2.45. The molecule has 4 heterocycles. The van der Waals surface area contributed by atoms with Gasteiger partial charge in [0.25, 0.3) is 11.8 Å². The van der Waals surface area contributed by atoms with Crippen LogP contribution < -0.4 is 0 Å². The van der Waals surface area contributed by atoms with Crippen molar-refractivity contribution >= 4 is 5.91 Å². The predicted molar refractivity (Wildman–Crippen MR) is 82.0 cm³/mol. The van der Waals surface area contributed by atoms with Crippen molar-refractivity contribution in [1.29, 1.82) is 0 Å². The van der Waals surface area contributed by atoms with Gasteiger partial charge in [-0.1, -0.05) is 5.16 Å². The van der Waals surface area contributed by atoms with Gasteiger partial charge in [0.1, 0.15) is 6.10 Å². The van der Waals surface area contributed by atoms with Crippen LogP contribution in [0.25, 0.3) is 0 Å². The third kappa shape index (κ3) is 2.77. The van der Waals surface area contributed by atoms with E-state index < -0.39 is 0 Å². The van der Waals surface area contributed by atoms with E-state index in [9.17, 15) is 4.79 Å². The van der Waals surface area contributed by atoms with E-state index in [0.717, 1.165) is 25.7 Å². The van der Waals surface area contributed by atoms with Crippen molar-refractivity contribution in [2.75, 3.05) is 13.1 Å². The lowest BCUT2D eigenvalue weighted by Crippen LogP contribution is -2.46. The molecule has 2 aromatic rings. The van der Waals surface area contributed by atoms with Gasteiger partial charge in [-0.25, -0.2) is 0 Å². The summed E-state index contributed by atoms with van der Waals surface area (Å²) in [7, 11) is 0. The molecule has 0 aromatic carbocycles. The van der Waals surface area contributed by atoms with Crippen LogP contribution in [0.3, 0.4) is 0 Å². The van der Waals surface area contributed by atoms with Gasteiger partial charge >= 0.3 is 0 Å². The molecule has 2 fully saturated rings. The molecule has 0 N–H and O–H groups in total. The molecule has 2 aliphatic heterocycles. The second-order valence-electron chi connectivity index (χ2n) is 6.43. The van der Waals surface area contributed by atoms with Crippen LogP contribution in [0.5, 0.6) is 0 Å². The van der Waals surface area contributed by atoms with Crippen molar-refractivity contribution in [3.63, 3.8) is 0 Å². The summed E-state index contributed by atoms with van der Waals surface area (Å²) in [4.78, 5) is 18.6. The van der Waals surface area contributed by atoms with Gasteiger partial charge in [0.15, 0.2) is 5.82 Å². The number of aromatic nitrogens is 4. The number of hydrogen-bond donors (Lipinski definition) is 0. The van der Waals surface area contributed by atoms with E-state index >= 15 is 0 Å². The van der Waals surface area contributed by atoms with Gasteiger partial charge in [-0.15, -0.1) is 0 Å². The molecular formula is C16H19N5O3. The highest BCUT2D eigenvalue weighted by Crippen LogP contribution is 2.44. The largest absolute Gasteiger partial charge is 0.362 e. The van der Waals surface area contributed by atoms with Crippen LogP contribution in [0.15, 0.2) is 23.0 Å². The summed E-state index contributed by atoms with van der Waals surface area (Å²) in [5, 5.41) is 11.3. The molecule has 126 valence electrons. The van der Waals surface area contributed by atoms with Gasteiger partial charge in [0, 0.05) is 13.1 Å². The maximum absolute atomic E-state index is 12.5. The molecule has 1 spiro atoms. The Hall–Kier alpha value is -2.35. The molecule has 2 saturated heterocycles. The summed E-state index contributed by atoms with van der Waals surface area (Å²) in [6.07, 6.45) is 6.39. The Morgan fingerprint density at radius 1 is 1.29 bits per heavy atom. The van der Waals surface area contributed by atoms with E-state index in [0.29, 0.717) is 30.4 Å². The Balaban J connectivity index is 1.39. The van der Waals surface area contributed by atoms with Gasteiger partial charge in [0.05, 0.1) is 23.6 Å². The molecule has 8 nitrogen and oxygen atoms in total. The third-order valence-corrected chi connectivity index (χ3v) is 4.87. The molecule has 1 atom stereocenters. The van der Waals surface area contributed by atoms with Crippen molar-refractivity contribution in [1.82, 2.24) is 25.2 Å². The topological polar surface area (TPSA) is 94.2 Å². The number of aryl methyl sites for hydroxylation is 1. The highest BCUT2D eigenvalue weighted by atomic mass is 16.5. The summed E-state index contributed by atoms with van der Waals surface area (Å²) in [6.45, 7) is 3.16. The van der Waals surface area contributed by atoms with Gasteiger partial charge < -0.3 is 14.2 Å². The average Bonchev–Trinajstić information content (AvgIpc) is 3.23. The number of ether oxygens (including phenoxy) is 1. The van der Waals surface area contributed by atoms with Gasteiger partial charge in [-0.05, 0) is 38.7 Å². The molecule has 4 rings (SSSR count). The maximum atomic E-state index is 12.5. The minimum Gasteiger partial charge on any atom is -0.362 e. The van der Waals surface area contributed by atoms with E-state index in [4.69, 9.17) is 9.26 Å². The number of nitrogens with zero attached hydrogens (tertiary/aromatic N) is 5. The monoisotopic (exact) mass is 329 g/mol. The molecule has 24 heavy (non-hydrogen) atoms. The Morgan fingerprint density at radius 3 is 2.79 bits per heavy atom. The molecule has 0 radical (unpaired) electrons. The zero-order valence-corrected chi connectivity index (χ0v) is 13.5. The standard InChI is InChI=1S/C16H19N5O3/c1-11-19-14(24-20-11)13-2-4-16(23-13)5-8-21(9-6-16)15(22)12-3-7-17-18-10-12/h3,7,10,13H,2,4-6,8-9H2,1H3/t13-/m1/s1. The van der Waals surface area contributed by atoms with Crippen LogP contribution in [0.4, 0.5) is 0 Å². The van der Waals surface area contributed by atoms with E-state index in [1.54, 1.807) is 13.0 Å². The van der Waals surface area contributed by atoms with Crippen LogP contribution in [-0.4, -0.2) is 49.8 Å². The summed E-state index contributed by atoms with van der Waals surface area (Å²) in [5.41, 5.74) is 0.396. The first-order valence-electron chi connectivity index (χ1n) is 8.19. The number of amides is 1. The Morgan fingerprint density at radius 2 is 2.12 bits per heavy atom. The number of hydrogen-bond acceptors (Lipinski definition) is 7. The molecule has 1 amide bonds. The fourth-order valence-corrected chi connectivity index (χ4v) is 3.52. The lowest BCUT2D eigenvalue weighted by Gasteiger charge is -2.38. The molecule has 2 aliphatic rings. The smallest absolute Gasteiger partial charge is 0.255 e. The van der Waals surface area contributed by atoms with Crippen molar-refractivity contribution in [3.05, 3.63) is 35.7 Å². The van der Waals surface area contributed by atoms with Crippen LogP contribution >= 0.6 is 0 Å². The van der Waals surface area contributed by atoms with Gasteiger partial charge in [0.2, 0.25) is 0 Å². The van der Waals surface area contributed by atoms with Crippen LogP contribution in [0, 0.1) is 6.92 Å². The zero-order chi connectivity index (χ0) is 16.6. The zero-order valence-electron chi connectivity index (χ0n) is 13.5. The first-order valence-corrected chi connectivity index (χ1v) is 8.19. The number of piperidine rings is 1. The Kier molecular flexibility index (Phi) is 3.76. The Labute approximate surface area is 139 Å². The summed E-state index contributed by atoms with van der Waals surface area (Å²) >= 11 is 0. The number of likely N-dealkylation sites (tertiary alicyclic amines) is 1. The third-order valence-electron chi connectivity index (χ3n) is 4.87. The molecule has 0 bridgehead atoms. The summed E-state index contributed by atoms with van der Waals surface area (Å²) in [6, 6.07) is 1.69. The fourth-order valence-electron chi connectivity index (χ4n) is 3.52. The van der Waals surface area contributed by atoms with Gasteiger partial charge in [-0.2, -0.15) is 15.2 Å². The predicted octanol–water partition coefficient (Wildman–Crippen LogP) is 1.69. The molecule has 0 aliphatic carbocycles. The second kappa shape index (κ2) is 5.94. The van der Waals surface area contributed by atoms with Crippen LogP contribution in [0.2, 0.25) is 0 Å². The molecule has 2 aromatic heterocycles. The first kappa shape index (κ1) is 15.2. The van der Waals surface area contributed by atoms with E-state index in [1.807, 2.05) is 4.90 Å².